The number of β-lactam (4-membered cyclic amide) rings is 1. The number of methoxy groups -OCH3 is 1. The molecule has 1 unspecified atom stereocenters. The number of carbonyl (C=O) groups is 4. The maximum Gasteiger partial charge on any atom is 0.358 e. The molecule has 2 amide bonds. The molecule has 0 bridgehead atoms. The number of hydrogen-bond acceptors (Lipinski definition) is 9. The number of hydrogen-bond donors (Lipinski definition) is 1. The van der Waals surface area contributed by atoms with Gasteiger partial charge in [-0.15, -0.1) is 11.8 Å². The third-order valence-electron chi connectivity index (χ3n) is 4.98. The fraction of sp³-hybridized carbons (Fsp3) is 0.478. The van der Waals surface area contributed by atoms with Crippen LogP contribution in [0.1, 0.15) is 20.8 Å². The van der Waals surface area contributed by atoms with Gasteiger partial charge in [-0.25, -0.2) is 4.79 Å². The van der Waals surface area contributed by atoms with Crippen LogP contribution in [0.25, 0.3) is 0 Å². The lowest BCUT2D eigenvalue weighted by molar-refractivity contribution is -0.173. The van der Waals surface area contributed by atoms with Crippen LogP contribution < -0.4 is 10.1 Å². The summed E-state index contributed by atoms with van der Waals surface area (Å²) in [6.07, 6.45) is 0. The van der Waals surface area contributed by atoms with Crippen LogP contribution in [0.4, 0.5) is 0 Å². The SMILES string of the molecule is COCC1=C(C(=O)OCOC(=O)C(C)(C)C)N2C(=O)C(NC(=O)COc3ccccc3)[C@@H]2SC1. The van der Waals surface area contributed by atoms with Gasteiger partial charge in [0.05, 0.1) is 12.0 Å². The van der Waals surface area contributed by atoms with E-state index in [0.717, 1.165) is 0 Å². The van der Waals surface area contributed by atoms with Gasteiger partial charge in [0.25, 0.3) is 11.8 Å². The lowest BCUT2D eigenvalue weighted by Gasteiger charge is -2.49. The van der Waals surface area contributed by atoms with Crippen molar-refractivity contribution >= 4 is 35.5 Å². The lowest BCUT2D eigenvalue weighted by atomic mass is 9.98. The quantitative estimate of drug-likeness (QED) is 0.310. The Labute approximate surface area is 201 Å². The van der Waals surface area contributed by atoms with Crippen molar-refractivity contribution in [1.29, 1.82) is 0 Å². The first-order valence-electron chi connectivity index (χ1n) is 10.6. The van der Waals surface area contributed by atoms with E-state index >= 15 is 0 Å². The molecular weight excluding hydrogens is 464 g/mol. The molecule has 1 N–H and O–H groups in total. The summed E-state index contributed by atoms with van der Waals surface area (Å²) in [6, 6.07) is 8.04. The molecule has 1 aromatic carbocycles. The molecule has 2 aliphatic rings. The highest BCUT2D eigenvalue weighted by Crippen LogP contribution is 2.40. The third kappa shape index (κ3) is 5.89. The van der Waals surface area contributed by atoms with E-state index in [0.29, 0.717) is 17.1 Å². The molecule has 3 rings (SSSR count). The number of fused-ring (bicyclic) bond motifs is 1. The zero-order valence-corrected chi connectivity index (χ0v) is 20.3. The van der Waals surface area contributed by atoms with Crippen molar-refractivity contribution < 1.29 is 38.1 Å². The summed E-state index contributed by atoms with van der Waals surface area (Å²) < 4.78 is 20.7. The van der Waals surface area contributed by atoms with Gasteiger partial charge in [0.15, 0.2) is 6.61 Å². The first-order valence-corrected chi connectivity index (χ1v) is 11.7. The van der Waals surface area contributed by atoms with Gasteiger partial charge >= 0.3 is 11.9 Å². The molecule has 0 spiro atoms. The van der Waals surface area contributed by atoms with E-state index < -0.39 is 47.4 Å². The van der Waals surface area contributed by atoms with Crippen LogP contribution >= 0.6 is 11.8 Å². The van der Waals surface area contributed by atoms with Crippen LogP contribution in [0.2, 0.25) is 0 Å². The number of para-hydroxylation sites is 1. The van der Waals surface area contributed by atoms with Gasteiger partial charge in [-0.05, 0) is 38.5 Å². The highest BCUT2D eigenvalue weighted by Gasteiger charge is 2.54. The minimum atomic E-state index is -0.803. The number of thioether (sulfide) groups is 1. The highest BCUT2D eigenvalue weighted by atomic mass is 32.2. The van der Waals surface area contributed by atoms with E-state index in [4.69, 9.17) is 18.9 Å². The number of carbonyl (C=O) groups excluding carboxylic acids is 4. The number of benzene rings is 1. The molecule has 10 nitrogen and oxygen atoms in total. The molecule has 1 saturated heterocycles. The molecule has 184 valence electrons. The van der Waals surface area contributed by atoms with Crippen molar-refractivity contribution in [3.63, 3.8) is 0 Å². The van der Waals surface area contributed by atoms with Crippen LogP contribution in [0.5, 0.6) is 5.75 Å². The normalized spacial score (nSPS) is 19.6. The summed E-state index contributed by atoms with van der Waals surface area (Å²) >= 11 is 1.40. The summed E-state index contributed by atoms with van der Waals surface area (Å²) in [5.74, 6) is -1.28. The van der Waals surface area contributed by atoms with Gasteiger partial charge < -0.3 is 24.3 Å². The smallest absolute Gasteiger partial charge is 0.358 e. The fourth-order valence-corrected chi connectivity index (χ4v) is 4.59. The third-order valence-corrected chi connectivity index (χ3v) is 6.32. The molecular formula is C23H28N2O8S. The predicted molar refractivity (Wildman–Crippen MR) is 122 cm³/mol. The molecule has 34 heavy (non-hydrogen) atoms. The van der Waals surface area contributed by atoms with Crippen LogP contribution in [0.15, 0.2) is 41.6 Å². The van der Waals surface area contributed by atoms with Crippen LogP contribution in [0.3, 0.4) is 0 Å². The number of rotatable bonds is 9. The second-order valence-corrected chi connectivity index (χ2v) is 9.78. The molecule has 2 heterocycles. The summed E-state index contributed by atoms with van der Waals surface area (Å²) in [7, 11) is 1.48. The molecule has 2 aliphatic heterocycles. The number of ether oxygens (including phenoxy) is 4. The minimum Gasteiger partial charge on any atom is -0.484 e. The Morgan fingerprint density at radius 1 is 1.15 bits per heavy atom. The van der Waals surface area contributed by atoms with E-state index in [1.807, 2.05) is 6.07 Å². The Morgan fingerprint density at radius 2 is 1.85 bits per heavy atom. The summed E-state index contributed by atoms with van der Waals surface area (Å²) in [5.41, 5.74) is -0.127. The van der Waals surface area contributed by atoms with Crippen LogP contribution in [-0.4, -0.2) is 72.9 Å². The maximum absolute atomic E-state index is 12.9. The van der Waals surface area contributed by atoms with E-state index in [9.17, 15) is 19.2 Å². The molecule has 0 aliphatic carbocycles. The van der Waals surface area contributed by atoms with Gasteiger partial charge in [-0.3, -0.25) is 19.3 Å². The Balaban J connectivity index is 1.61. The lowest BCUT2D eigenvalue weighted by Crippen LogP contribution is -2.71. The van der Waals surface area contributed by atoms with Crippen molar-refractivity contribution in [3.8, 4) is 5.75 Å². The number of amides is 2. The van der Waals surface area contributed by atoms with Gasteiger partial charge in [0.2, 0.25) is 6.79 Å². The standard InChI is InChI=1S/C23H28N2O8S/c1-23(2,3)22(29)33-13-32-21(28)18-14(10-30-4)12-34-20-17(19(27)25(18)20)24-16(26)11-31-15-8-6-5-7-9-15/h5-9,17,20H,10-13H2,1-4H3,(H,24,26)/t17?,20-/m0/s1. The Morgan fingerprint density at radius 3 is 2.50 bits per heavy atom. The second kappa shape index (κ2) is 10.9. The predicted octanol–water partition coefficient (Wildman–Crippen LogP) is 1.46. The largest absolute Gasteiger partial charge is 0.484 e. The van der Waals surface area contributed by atoms with Crippen molar-refractivity contribution in [2.45, 2.75) is 32.2 Å². The Kier molecular flexibility index (Phi) is 8.21. The Hall–Kier alpha value is -3.05. The fourth-order valence-electron chi connectivity index (χ4n) is 3.26. The maximum atomic E-state index is 12.9. The molecule has 1 aromatic rings. The summed E-state index contributed by atoms with van der Waals surface area (Å²) in [4.78, 5) is 51.2. The van der Waals surface area contributed by atoms with Crippen molar-refractivity contribution in [2.75, 3.05) is 32.9 Å². The number of esters is 2. The van der Waals surface area contributed by atoms with E-state index in [1.54, 1.807) is 45.0 Å². The molecule has 0 aromatic heterocycles. The topological polar surface area (TPSA) is 120 Å². The zero-order valence-electron chi connectivity index (χ0n) is 19.5. The van der Waals surface area contributed by atoms with Gasteiger partial charge in [-0.2, -0.15) is 0 Å². The number of nitrogens with one attached hydrogen (secondary N) is 1. The first kappa shape index (κ1) is 25.6. The van der Waals surface area contributed by atoms with Crippen molar-refractivity contribution in [1.82, 2.24) is 10.2 Å². The van der Waals surface area contributed by atoms with E-state index in [-0.39, 0.29) is 18.9 Å². The molecule has 11 heteroatoms. The van der Waals surface area contributed by atoms with Crippen molar-refractivity contribution in [2.24, 2.45) is 5.41 Å². The first-order chi connectivity index (χ1) is 16.1. The molecule has 0 radical (unpaired) electrons. The van der Waals surface area contributed by atoms with Crippen LogP contribution in [-0.2, 0) is 33.4 Å². The van der Waals surface area contributed by atoms with Crippen molar-refractivity contribution in [3.05, 3.63) is 41.6 Å². The van der Waals surface area contributed by atoms with Gasteiger partial charge in [0, 0.05) is 12.9 Å². The molecule has 2 atom stereocenters. The minimum absolute atomic E-state index is 0.0495. The zero-order chi connectivity index (χ0) is 24.9. The van der Waals surface area contributed by atoms with E-state index in [2.05, 4.69) is 5.32 Å². The summed E-state index contributed by atoms with van der Waals surface area (Å²) in [5, 5.41) is 2.19. The Bertz CT molecular complexity index is 973. The average Bonchev–Trinajstić information content (AvgIpc) is 2.81. The monoisotopic (exact) mass is 492 g/mol. The van der Waals surface area contributed by atoms with Crippen LogP contribution in [0, 0.1) is 5.41 Å². The highest BCUT2D eigenvalue weighted by molar-refractivity contribution is 8.00. The van der Waals surface area contributed by atoms with Gasteiger partial charge in [-0.1, -0.05) is 18.2 Å². The molecule has 0 saturated carbocycles. The van der Waals surface area contributed by atoms with Gasteiger partial charge in [0.1, 0.15) is 22.9 Å². The molecule has 1 fully saturated rings. The second-order valence-electron chi connectivity index (χ2n) is 8.67. The number of nitrogens with zero attached hydrogens (tertiary/aromatic N) is 1. The summed E-state index contributed by atoms with van der Waals surface area (Å²) in [6.45, 7) is 4.34. The average molecular weight is 493 g/mol. The van der Waals surface area contributed by atoms with E-state index in [1.165, 1.54) is 23.8 Å².